The number of ether oxygens (including phenoxy) is 1. The van der Waals surface area contributed by atoms with Gasteiger partial charge in [-0.2, -0.15) is 0 Å². The highest BCUT2D eigenvalue weighted by Crippen LogP contribution is 2.33. The van der Waals surface area contributed by atoms with Gasteiger partial charge in [0.25, 0.3) is 0 Å². The molecule has 0 aromatic heterocycles. The van der Waals surface area contributed by atoms with E-state index < -0.39 is 23.5 Å². The van der Waals surface area contributed by atoms with Crippen LogP contribution in [0.3, 0.4) is 0 Å². The largest absolute Gasteiger partial charge is 0.497 e. The van der Waals surface area contributed by atoms with Gasteiger partial charge in [0.15, 0.2) is 11.6 Å². The lowest BCUT2D eigenvalue weighted by Crippen LogP contribution is -2.30. The van der Waals surface area contributed by atoms with Crippen molar-refractivity contribution in [2.75, 3.05) is 7.11 Å². The van der Waals surface area contributed by atoms with Gasteiger partial charge in [0.1, 0.15) is 11.6 Å². The zero-order valence-corrected chi connectivity index (χ0v) is 12.5. The molecule has 2 rings (SSSR count). The molecule has 0 aliphatic heterocycles. The van der Waals surface area contributed by atoms with Crippen molar-refractivity contribution in [1.29, 1.82) is 0 Å². The molecule has 1 unspecified atom stereocenters. The molecule has 3 nitrogen and oxygen atoms in total. The number of hydrogen-bond acceptors (Lipinski definition) is 3. The quantitative estimate of drug-likeness (QED) is 0.498. The SMILES string of the molecule is COc1ccc(C(NN)c2ccc(F)c(F)c2Br)c(F)c1. The molecule has 7 heteroatoms. The second-order valence-corrected chi connectivity index (χ2v) is 5.04. The van der Waals surface area contributed by atoms with E-state index in [9.17, 15) is 13.2 Å². The summed E-state index contributed by atoms with van der Waals surface area (Å²) < 4.78 is 45.7. The van der Waals surface area contributed by atoms with Crippen molar-refractivity contribution in [2.24, 2.45) is 5.84 Å². The molecule has 0 bridgehead atoms. The van der Waals surface area contributed by atoms with E-state index in [0.29, 0.717) is 5.75 Å². The first-order valence-electron chi connectivity index (χ1n) is 5.92. The molecular weight excluding hydrogens is 349 g/mol. The number of halogens is 4. The number of benzene rings is 2. The number of nitrogens with two attached hydrogens (primary N) is 1. The van der Waals surface area contributed by atoms with E-state index in [-0.39, 0.29) is 15.6 Å². The van der Waals surface area contributed by atoms with Gasteiger partial charge in [0.05, 0.1) is 17.6 Å². The van der Waals surface area contributed by atoms with Gasteiger partial charge in [-0.25, -0.2) is 18.6 Å². The first kappa shape index (κ1) is 15.8. The standard InChI is InChI=1S/C14H12BrF3N2O/c1-21-7-2-3-8(11(17)6-7)14(20-19)9-4-5-10(16)13(18)12(9)15/h2-6,14,20H,19H2,1H3. The molecular formula is C14H12BrF3N2O. The molecule has 0 aliphatic rings. The molecule has 112 valence electrons. The minimum Gasteiger partial charge on any atom is -0.497 e. The summed E-state index contributed by atoms with van der Waals surface area (Å²) >= 11 is 2.96. The predicted molar refractivity (Wildman–Crippen MR) is 76.2 cm³/mol. The van der Waals surface area contributed by atoms with Gasteiger partial charge in [0, 0.05) is 11.6 Å². The highest BCUT2D eigenvalue weighted by molar-refractivity contribution is 9.10. The smallest absolute Gasteiger partial charge is 0.173 e. The average Bonchev–Trinajstić information content (AvgIpc) is 2.49. The minimum atomic E-state index is -1.05. The first-order chi connectivity index (χ1) is 9.99. The Bertz CT molecular complexity index is 667. The maximum Gasteiger partial charge on any atom is 0.173 e. The van der Waals surface area contributed by atoms with Gasteiger partial charge in [-0.05, 0) is 33.6 Å². The lowest BCUT2D eigenvalue weighted by molar-refractivity contribution is 0.410. The van der Waals surface area contributed by atoms with Crippen LogP contribution in [0.4, 0.5) is 13.2 Å². The number of methoxy groups -OCH3 is 1. The van der Waals surface area contributed by atoms with E-state index in [1.165, 1.54) is 25.3 Å². The molecule has 0 saturated carbocycles. The molecule has 0 radical (unpaired) electrons. The topological polar surface area (TPSA) is 47.3 Å². The van der Waals surface area contributed by atoms with E-state index in [1.807, 2.05) is 0 Å². The minimum absolute atomic E-state index is 0.110. The summed E-state index contributed by atoms with van der Waals surface area (Å²) in [6.45, 7) is 0. The lowest BCUT2D eigenvalue weighted by atomic mass is 9.98. The Morgan fingerprint density at radius 3 is 2.33 bits per heavy atom. The fraction of sp³-hybridized carbons (Fsp3) is 0.143. The van der Waals surface area contributed by atoms with Crippen molar-refractivity contribution >= 4 is 15.9 Å². The fourth-order valence-electron chi connectivity index (χ4n) is 1.98. The molecule has 2 aromatic rings. The molecule has 21 heavy (non-hydrogen) atoms. The number of nitrogens with one attached hydrogen (secondary N) is 1. The van der Waals surface area contributed by atoms with Gasteiger partial charge in [-0.1, -0.05) is 12.1 Å². The summed E-state index contributed by atoms with van der Waals surface area (Å²) in [4.78, 5) is 0. The number of hydrogen-bond donors (Lipinski definition) is 2. The van der Waals surface area contributed by atoms with Crippen LogP contribution in [0.2, 0.25) is 0 Å². The van der Waals surface area contributed by atoms with Crippen molar-refractivity contribution in [3.63, 3.8) is 0 Å². The first-order valence-corrected chi connectivity index (χ1v) is 6.71. The van der Waals surface area contributed by atoms with Gasteiger partial charge in [-0.15, -0.1) is 0 Å². The van der Waals surface area contributed by atoms with Crippen LogP contribution >= 0.6 is 15.9 Å². The summed E-state index contributed by atoms with van der Waals surface area (Å²) in [6.07, 6.45) is 0. The van der Waals surface area contributed by atoms with Crippen molar-refractivity contribution in [3.8, 4) is 5.75 Å². The predicted octanol–water partition coefficient (Wildman–Crippen LogP) is 3.43. The van der Waals surface area contributed by atoms with Crippen LogP contribution in [0.5, 0.6) is 5.75 Å². The molecule has 3 N–H and O–H groups in total. The van der Waals surface area contributed by atoms with Crippen LogP contribution in [-0.4, -0.2) is 7.11 Å². The van der Waals surface area contributed by atoms with Crippen LogP contribution < -0.4 is 16.0 Å². The second-order valence-electron chi connectivity index (χ2n) is 4.25. The maximum absolute atomic E-state index is 14.1. The van der Waals surface area contributed by atoms with Crippen LogP contribution in [-0.2, 0) is 0 Å². The summed E-state index contributed by atoms with van der Waals surface area (Å²) in [5.74, 6) is 3.16. The Morgan fingerprint density at radius 2 is 1.76 bits per heavy atom. The Kier molecular flexibility index (Phi) is 4.87. The average molecular weight is 361 g/mol. The highest BCUT2D eigenvalue weighted by atomic mass is 79.9. The van der Waals surface area contributed by atoms with Gasteiger partial charge < -0.3 is 4.74 Å². The Hall–Kier alpha value is -1.57. The third-order valence-electron chi connectivity index (χ3n) is 3.06. The van der Waals surface area contributed by atoms with Crippen molar-refractivity contribution in [2.45, 2.75) is 6.04 Å². The Balaban J connectivity index is 2.52. The van der Waals surface area contributed by atoms with E-state index in [1.54, 1.807) is 6.07 Å². The molecule has 0 heterocycles. The van der Waals surface area contributed by atoms with E-state index >= 15 is 0 Å². The number of rotatable bonds is 4. The normalized spacial score (nSPS) is 12.3. The lowest BCUT2D eigenvalue weighted by Gasteiger charge is -2.19. The van der Waals surface area contributed by atoms with Gasteiger partial charge >= 0.3 is 0 Å². The summed E-state index contributed by atoms with van der Waals surface area (Å²) in [5.41, 5.74) is 2.86. The van der Waals surface area contributed by atoms with Crippen molar-refractivity contribution < 1.29 is 17.9 Å². The summed E-state index contributed by atoms with van der Waals surface area (Å²) in [6, 6.07) is 5.65. The summed E-state index contributed by atoms with van der Waals surface area (Å²) in [5, 5.41) is 0. The number of hydrazine groups is 1. The van der Waals surface area contributed by atoms with Gasteiger partial charge in [0.2, 0.25) is 0 Å². The van der Waals surface area contributed by atoms with Crippen LogP contribution in [0.1, 0.15) is 17.2 Å². The maximum atomic E-state index is 14.1. The molecule has 0 fully saturated rings. The Labute approximate surface area is 128 Å². The van der Waals surface area contributed by atoms with Crippen molar-refractivity contribution in [3.05, 3.63) is 63.4 Å². The fourth-order valence-corrected chi connectivity index (χ4v) is 2.53. The molecule has 0 spiro atoms. The second kappa shape index (κ2) is 6.46. The molecule has 2 aromatic carbocycles. The monoisotopic (exact) mass is 360 g/mol. The van der Waals surface area contributed by atoms with E-state index in [0.717, 1.165) is 6.07 Å². The van der Waals surface area contributed by atoms with E-state index in [4.69, 9.17) is 10.6 Å². The van der Waals surface area contributed by atoms with Crippen molar-refractivity contribution in [1.82, 2.24) is 5.43 Å². The zero-order valence-electron chi connectivity index (χ0n) is 11.0. The highest BCUT2D eigenvalue weighted by Gasteiger charge is 2.22. The zero-order chi connectivity index (χ0) is 15.6. The van der Waals surface area contributed by atoms with Gasteiger partial charge in [-0.3, -0.25) is 5.84 Å². The van der Waals surface area contributed by atoms with Crippen LogP contribution in [0, 0.1) is 17.5 Å². The Morgan fingerprint density at radius 1 is 1.10 bits per heavy atom. The third kappa shape index (κ3) is 3.04. The summed E-state index contributed by atoms with van der Waals surface area (Å²) in [7, 11) is 1.42. The molecule has 1 atom stereocenters. The molecule has 0 aliphatic carbocycles. The third-order valence-corrected chi connectivity index (χ3v) is 3.87. The molecule has 0 amide bonds. The molecule has 0 saturated heterocycles. The van der Waals surface area contributed by atoms with Crippen LogP contribution in [0.25, 0.3) is 0 Å². The van der Waals surface area contributed by atoms with Crippen LogP contribution in [0.15, 0.2) is 34.8 Å². The van der Waals surface area contributed by atoms with E-state index in [2.05, 4.69) is 21.4 Å².